The molecule has 0 radical (unpaired) electrons. The zero-order chi connectivity index (χ0) is 18.6. The van der Waals surface area contributed by atoms with E-state index in [1.165, 1.54) is 19.3 Å². The van der Waals surface area contributed by atoms with E-state index in [4.69, 9.17) is 5.10 Å². The lowest BCUT2D eigenvalue weighted by Gasteiger charge is -2.40. The Kier molecular flexibility index (Phi) is 5.48. The summed E-state index contributed by atoms with van der Waals surface area (Å²) in [5.74, 6) is 0.0406. The Morgan fingerprint density at radius 1 is 1.04 bits per heavy atom. The molecule has 4 nitrogen and oxygen atoms in total. The van der Waals surface area contributed by atoms with Crippen LogP contribution in [0.25, 0.3) is 0 Å². The van der Waals surface area contributed by atoms with Gasteiger partial charge in [-0.25, -0.2) is 0 Å². The van der Waals surface area contributed by atoms with Crippen LogP contribution in [0, 0.1) is 0 Å². The molecule has 2 aromatic carbocycles. The third-order valence-corrected chi connectivity index (χ3v) is 6.78. The highest BCUT2D eigenvalue weighted by molar-refractivity contribution is 8.01. The Hall–Kier alpha value is -2.27. The summed E-state index contributed by atoms with van der Waals surface area (Å²) in [5.41, 5.74) is 2.78. The Morgan fingerprint density at radius 2 is 1.74 bits per heavy atom. The fourth-order valence-corrected chi connectivity index (χ4v) is 5.17. The van der Waals surface area contributed by atoms with Gasteiger partial charge in [0, 0.05) is 24.7 Å². The Morgan fingerprint density at radius 3 is 2.48 bits per heavy atom. The topological polar surface area (TPSA) is 35.9 Å². The van der Waals surface area contributed by atoms with E-state index in [-0.39, 0.29) is 11.3 Å². The van der Waals surface area contributed by atoms with E-state index in [1.807, 2.05) is 72.2 Å². The number of hydrogen-bond donors (Lipinski definition) is 0. The van der Waals surface area contributed by atoms with E-state index in [0.717, 1.165) is 29.8 Å². The molecule has 0 aromatic heterocycles. The van der Waals surface area contributed by atoms with Crippen molar-refractivity contribution in [1.82, 2.24) is 9.91 Å². The van der Waals surface area contributed by atoms with Crippen LogP contribution in [-0.4, -0.2) is 45.9 Å². The second-order valence-electron chi connectivity index (χ2n) is 7.09. The molecule has 2 aliphatic rings. The van der Waals surface area contributed by atoms with E-state index in [2.05, 4.69) is 17.1 Å². The molecule has 2 unspecified atom stereocenters. The van der Waals surface area contributed by atoms with E-state index >= 15 is 0 Å². The molecule has 1 saturated heterocycles. The third-order valence-electron chi connectivity index (χ3n) is 5.19. The quantitative estimate of drug-likeness (QED) is 0.791. The Bertz CT molecular complexity index is 809. The van der Waals surface area contributed by atoms with E-state index in [0.29, 0.717) is 5.37 Å². The molecule has 27 heavy (non-hydrogen) atoms. The monoisotopic (exact) mass is 379 g/mol. The fourth-order valence-electron chi connectivity index (χ4n) is 3.69. The van der Waals surface area contributed by atoms with Crippen LogP contribution >= 0.6 is 11.8 Å². The highest BCUT2D eigenvalue weighted by Crippen LogP contribution is 2.36. The second kappa shape index (κ2) is 8.17. The van der Waals surface area contributed by atoms with Gasteiger partial charge >= 0.3 is 0 Å². The first-order chi connectivity index (χ1) is 13.2. The SMILES string of the molecule is CN(C(=O)c1ccccc1)C1SC2CCCCCN2N=C1c1ccccc1. The Balaban J connectivity index is 1.69. The summed E-state index contributed by atoms with van der Waals surface area (Å²) in [7, 11) is 1.90. The third kappa shape index (κ3) is 3.88. The van der Waals surface area contributed by atoms with Crippen molar-refractivity contribution in [3.8, 4) is 0 Å². The highest BCUT2D eigenvalue weighted by atomic mass is 32.2. The number of amides is 1. The number of rotatable bonds is 3. The molecule has 0 saturated carbocycles. The normalized spacial score (nSPS) is 22.4. The summed E-state index contributed by atoms with van der Waals surface area (Å²) >= 11 is 1.86. The van der Waals surface area contributed by atoms with Crippen LogP contribution in [0.2, 0.25) is 0 Å². The molecule has 140 valence electrons. The molecule has 0 spiro atoms. The van der Waals surface area contributed by atoms with Gasteiger partial charge in [0.1, 0.15) is 11.1 Å². The number of benzene rings is 2. The average Bonchev–Trinajstić information content (AvgIpc) is 2.98. The predicted octanol–water partition coefficient (Wildman–Crippen LogP) is 4.44. The van der Waals surface area contributed by atoms with E-state index in [9.17, 15) is 4.79 Å². The first-order valence-electron chi connectivity index (χ1n) is 9.62. The molecule has 4 rings (SSSR count). The van der Waals surface area contributed by atoms with Gasteiger partial charge < -0.3 is 4.90 Å². The summed E-state index contributed by atoms with van der Waals surface area (Å²) in [5, 5.41) is 7.55. The fraction of sp³-hybridized carbons (Fsp3) is 0.364. The number of thioether (sulfide) groups is 1. The molecule has 2 aromatic rings. The average molecular weight is 380 g/mol. The molecule has 1 amide bonds. The van der Waals surface area contributed by atoms with E-state index in [1.54, 1.807) is 0 Å². The van der Waals surface area contributed by atoms with Gasteiger partial charge in [-0.2, -0.15) is 5.10 Å². The first kappa shape index (κ1) is 18.1. The lowest BCUT2D eigenvalue weighted by molar-refractivity contribution is 0.0800. The van der Waals surface area contributed by atoms with Gasteiger partial charge in [0.2, 0.25) is 0 Å². The smallest absolute Gasteiger partial charge is 0.254 e. The molecular weight excluding hydrogens is 354 g/mol. The van der Waals surface area contributed by atoms with Gasteiger partial charge in [-0.1, -0.05) is 61.4 Å². The lowest BCUT2D eigenvalue weighted by Crippen LogP contribution is -2.47. The van der Waals surface area contributed by atoms with E-state index < -0.39 is 0 Å². The molecule has 2 heterocycles. The maximum Gasteiger partial charge on any atom is 0.254 e. The van der Waals surface area contributed by atoms with Crippen molar-refractivity contribution < 1.29 is 4.79 Å². The molecule has 2 atom stereocenters. The number of carbonyl (C=O) groups excluding carboxylic acids is 1. The van der Waals surface area contributed by atoms with Gasteiger partial charge in [0.05, 0.1) is 5.37 Å². The van der Waals surface area contributed by atoms with Crippen LogP contribution in [-0.2, 0) is 0 Å². The van der Waals surface area contributed by atoms with Crippen molar-refractivity contribution in [2.45, 2.75) is 36.4 Å². The number of fused-ring (bicyclic) bond motifs is 1. The number of likely N-dealkylation sites (N-methyl/N-ethyl adjacent to an activating group) is 1. The second-order valence-corrected chi connectivity index (χ2v) is 8.35. The standard InChI is InChI=1S/C22H25N3OS/c1-24(21(26)18-13-7-3-8-14-18)22-20(17-11-5-2-6-12-17)23-25-16-10-4-9-15-19(25)27-22/h2-3,5-8,11-14,19,22H,4,9-10,15-16H2,1H3. The van der Waals surface area contributed by atoms with Crippen LogP contribution < -0.4 is 0 Å². The van der Waals surface area contributed by atoms with Crippen molar-refractivity contribution in [1.29, 1.82) is 0 Å². The number of hydrogen-bond acceptors (Lipinski definition) is 4. The van der Waals surface area contributed by atoms with Gasteiger partial charge in [-0.15, -0.1) is 11.8 Å². The van der Waals surface area contributed by atoms with Gasteiger partial charge in [0.15, 0.2) is 0 Å². The predicted molar refractivity (Wildman–Crippen MR) is 112 cm³/mol. The maximum absolute atomic E-state index is 13.1. The first-order valence-corrected chi connectivity index (χ1v) is 10.6. The van der Waals surface area contributed by atoms with Gasteiger partial charge in [-0.05, 0) is 25.0 Å². The minimum Gasteiger partial charge on any atom is -0.324 e. The van der Waals surface area contributed by atoms with Crippen molar-refractivity contribution in [2.75, 3.05) is 13.6 Å². The Labute approximate surface area is 165 Å². The summed E-state index contributed by atoms with van der Waals surface area (Å²) in [6, 6.07) is 19.8. The number of carbonyl (C=O) groups is 1. The largest absolute Gasteiger partial charge is 0.324 e. The number of nitrogens with zero attached hydrogens (tertiary/aromatic N) is 3. The number of hydrazone groups is 1. The summed E-state index contributed by atoms with van der Waals surface area (Å²) < 4.78 is 0. The molecule has 0 N–H and O–H groups in total. The van der Waals surface area contributed by atoms with Gasteiger partial charge in [-0.3, -0.25) is 9.80 Å². The van der Waals surface area contributed by atoms with Crippen LogP contribution in [0.3, 0.4) is 0 Å². The van der Waals surface area contributed by atoms with Crippen molar-refractivity contribution in [3.05, 3.63) is 71.8 Å². The molecular formula is C22H25N3OS. The highest BCUT2D eigenvalue weighted by Gasteiger charge is 2.36. The molecule has 5 heteroatoms. The zero-order valence-corrected chi connectivity index (χ0v) is 16.4. The summed E-state index contributed by atoms with van der Waals surface area (Å²) in [6.45, 7) is 0.997. The summed E-state index contributed by atoms with van der Waals surface area (Å²) in [4.78, 5) is 14.9. The maximum atomic E-state index is 13.1. The van der Waals surface area contributed by atoms with Crippen molar-refractivity contribution in [2.24, 2.45) is 5.10 Å². The van der Waals surface area contributed by atoms with Crippen LogP contribution in [0.15, 0.2) is 65.8 Å². The molecule has 1 fully saturated rings. The zero-order valence-electron chi connectivity index (χ0n) is 15.6. The lowest BCUT2D eigenvalue weighted by atomic mass is 10.1. The minimum absolute atomic E-state index is 0.0406. The molecule has 0 aliphatic carbocycles. The van der Waals surface area contributed by atoms with Crippen molar-refractivity contribution in [3.63, 3.8) is 0 Å². The van der Waals surface area contributed by atoms with Crippen LogP contribution in [0.4, 0.5) is 0 Å². The van der Waals surface area contributed by atoms with Crippen LogP contribution in [0.5, 0.6) is 0 Å². The molecule has 0 bridgehead atoms. The van der Waals surface area contributed by atoms with Gasteiger partial charge in [0.25, 0.3) is 5.91 Å². The van der Waals surface area contributed by atoms with Crippen LogP contribution in [0.1, 0.15) is 41.6 Å². The minimum atomic E-state index is -0.0838. The van der Waals surface area contributed by atoms with Crippen molar-refractivity contribution >= 4 is 23.4 Å². The molecule has 2 aliphatic heterocycles. The summed E-state index contributed by atoms with van der Waals surface area (Å²) in [6.07, 6.45) is 4.80.